The first-order chi connectivity index (χ1) is 20.9. The van der Waals surface area contributed by atoms with Gasteiger partial charge in [-0.15, -0.1) is 0 Å². The first-order valence-electron chi connectivity index (χ1n) is 14.2. The van der Waals surface area contributed by atoms with E-state index in [1.165, 1.54) is 12.4 Å². The summed E-state index contributed by atoms with van der Waals surface area (Å²) in [6, 6.07) is 12.7. The fraction of sp³-hybridized carbons (Fsp3) is 0.355. The Morgan fingerprint density at radius 1 is 1.09 bits per heavy atom. The van der Waals surface area contributed by atoms with Crippen LogP contribution in [0.3, 0.4) is 0 Å². The van der Waals surface area contributed by atoms with Crippen LogP contribution in [0.1, 0.15) is 42.2 Å². The van der Waals surface area contributed by atoms with Crippen LogP contribution in [-0.4, -0.2) is 68.0 Å². The molecule has 226 valence electrons. The predicted molar refractivity (Wildman–Crippen MR) is 163 cm³/mol. The molecule has 0 aliphatic carbocycles. The Bertz CT molecular complexity index is 1470. The second kappa shape index (κ2) is 13.5. The average Bonchev–Trinajstić information content (AvgIpc) is 3.52. The molecule has 2 aliphatic heterocycles. The number of nitrogens with zero attached hydrogens (tertiary/aromatic N) is 4. The fourth-order valence-electron chi connectivity index (χ4n) is 5.01. The van der Waals surface area contributed by atoms with E-state index in [4.69, 9.17) is 19.0 Å². The molecule has 3 aromatic rings. The lowest BCUT2D eigenvalue weighted by molar-refractivity contribution is -0.111. The molecule has 3 heterocycles. The standard InChI is InChI=1S/C31H36N6O6/c1-5-30(38)35-23-16-24(27(40-4)17-26(23)36-10-13-41-14-11-36)34-28-18-29(33-19-32-28)37-25(9-12-42-37)21-7-6-8-22(15-21)31(39)43-20(2)3/h5-8,15-20,25H,1,9-14H2,2-4H3,(H,35,38)(H,32,33,34)/t25-/m1/s1. The molecule has 0 unspecified atom stereocenters. The van der Waals surface area contributed by atoms with Gasteiger partial charge in [0.15, 0.2) is 5.82 Å². The number of hydroxylamine groups is 1. The third-order valence-corrected chi connectivity index (χ3v) is 7.01. The molecule has 5 rings (SSSR count). The van der Waals surface area contributed by atoms with Crippen molar-refractivity contribution in [1.82, 2.24) is 9.97 Å². The van der Waals surface area contributed by atoms with E-state index in [9.17, 15) is 9.59 Å². The molecule has 0 saturated carbocycles. The van der Waals surface area contributed by atoms with Crippen molar-refractivity contribution < 1.29 is 28.6 Å². The predicted octanol–water partition coefficient (Wildman–Crippen LogP) is 4.64. The number of morpholine rings is 1. The van der Waals surface area contributed by atoms with Gasteiger partial charge in [-0.05, 0) is 43.7 Å². The number of nitrogens with one attached hydrogen (secondary N) is 2. The summed E-state index contributed by atoms with van der Waals surface area (Å²) in [6.45, 7) is 10.3. The summed E-state index contributed by atoms with van der Waals surface area (Å²) in [4.78, 5) is 41.8. The van der Waals surface area contributed by atoms with Crippen molar-refractivity contribution in [3.63, 3.8) is 0 Å². The fourth-order valence-corrected chi connectivity index (χ4v) is 5.01. The Hall–Kier alpha value is -4.68. The highest BCUT2D eigenvalue weighted by atomic mass is 16.7. The minimum Gasteiger partial charge on any atom is -0.494 e. The number of carbonyl (C=O) groups excluding carboxylic acids is 2. The van der Waals surface area contributed by atoms with E-state index in [0.717, 1.165) is 11.3 Å². The van der Waals surface area contributed by atoms with Gasteiger partial charge in [0, 0.05) is 31.6 Å². The van der Waals surface area contributed by atoms with Crippen molar-refractivity contribution in [2.75, 3.05) is 60.6 Å². The molecule has 12 nitrogen and oxygen atoms in total. The van der Waals surface area contributed by atoms with E-state index < -0.39 is 0 Å². The lowest BCUT2D eigenvalue weighted by Gasteiger charge is -2.31. The summed E-state index contributed by atoms with van der Waals surface area (Å²) in [5.74, 6) is 0.909. The number of anilines is 5. The van der Waals surface area contributed by atoms with Gasteiger partial charge in [-0.2, -0.15) is 0 Å². The van der Waals surface area contributed by atoms with Gasteiger partial charge in [0.25, 0.3) is 0 Å². The van der Waals surface area contributed by atoms with Crippen LogP contribution in [0, 0.1) is 0 Å². The Kier molecular flexibility index (Phi) is 9.38. The second-order valence-electron chi connectivity index (χ2n) is 10.3. The van der Waals surface area contributed by atoms with Gasteiger partial charge >= 0.3 is 5.97 Å². The van der Waals surface area contributed by atoms with Crippen LogP contribution in [-0.2, 0) is 19.1 Å². The lowest BCUT2D eigenvalue weighted by atomic mass is 10.0. The Balaban J connectivity index is 1.41. The van der Waals surface area contributed by atoms with E-state index >= 15 is 0 Å². The first kappa shape index (κ1) is 29.8. The Morgan fingerprint density at radius 3 is 2.65 bits per heavy atom. The summed E-state index contributed by atoms with van der Waals surface area (Å²) < 4.78 is 16.6. The minimum absolute atomic E-state index is 0.169. The molecule has 2 aromatic carbocycles. The highest BCUT2D eigenvalue weighted by molar-refractivity contribution is 6.02. The maximum atomic E-state index is 12.5. The summed E-state index contributed by atoms with van der Waals surface area (Å²) >= 11 is 0. The molecule has 2 aliphatic rings. The molecular weight excluding hydrogens is 552 g/mol. The van der Waals surface area contributed by atoms with Crippen LogP contribution < -0.4 is 25.3 Å². The number of ether oxygens (including phenoxy) is 3. The Labute approximate surface area is 250 Å². The van der Waals surface area contributed by atoms with Gasteiger partial charge in [0.2, 0.25) is 5.91 Å². The maximum absolute atomic E-state index is 12.5. The third-order valence-electron chi connectivity index (χ3n) is 7.01. The van der Waals surface area contributed by atoms with Gasteiger partial charge in [0.05, 0.1) is 61.7 Å². The van der Waals surface area contributed by atoms with E-state index in [-0.39, 0.29) is 24.0 Å². The van der Waals surface area contributed by atoms with Gasteiger partial charge in [0.1, 0.15) is 17.9 Å². The number of esters is 1. The van der Waals surface area contributed by atoms with E-state index in [1.54, 1.807) is 24.3 Å². The van der Waals surface area contributed by atoms with Crippen LogP contribution in [0.2, 0.25) is 0 Å². The molecule has 1 amide bonds. The van der Waals surface area contributed by atoms with Crippen molar-refractivity contribution in [1.29, 1.82) is 0 Å². The number of rotatable bonds is 10. The monoisotopic (exact) mass is 588 g/mol. The number of amides is 1. The molecule has 2 N–H and O–H groups in total. The second-order valence-corrected chi connectivity index (χ2v) is 10.3. The van der Waals surface area contributed by atoms with Crippen LogP contribution in [0.5, 0.6) is 5.75 Å². The molecule has 1 aromatic heterocycles. The number of hydrogen-bond acceptors (Lipinski definition) is 11. The van der Waals surface area contributed by atoms with Crippen molar-refractivity contribution in [2.24, 2.45) is 0 Å². The van der Waals surface area contributed by atoms with Crippen LogP contribution in [0.4, 0.5) is 28.7 Å². The molecular formula is C31H36N6O6. The molecule has 12 heteroatoms. The van der Waals surface area contributed by atoms with E-state index in [1.807, 2.05) is 44.2 Å². The molecule has 0 spiro atoms. The number of methoxy groups -OCH3 is 1. The largest absolute Gasteiger partial charge is 0.494 e. The SMILES string of the molecule is C=CC(=O)Nc1cc(Nc2cc(N3OCC[C@@H]3c3cccc(C(=O)OC(C)C)c3)ncn2)c(OC)cc1N1CCOCC1. The molecule has 2 saturated heterocycles. The maximum Gasteiger partial charge on any atom is 0.338 e. The zero-order valence-electron chi connectivity index (χ0n) is 24.5. The van der Waals surface area contributed by atoms with E-state index in [2.05, 4.69) is 32.1 Å². The number of hydrogen-bond donors (Lipinski definition) is 2. The molecule has 0 radical (unpaired) electrons. The van der Waals surface area contributed by atoms with Gasteiger partial charge in [-0.1, -0.05) is 18.7 Å². The first-order valence-corrected chi connectivity index (χ1v) is 14.2. The van der Waals surface area contributed by atoms with Gasteiger partial charge in [-0.3, -0.25) is 9.63 Å². The topological polar surface area (TPSA) is 127 Å². The molecule has 2 fully saturated rings. The average molecular weight is 589 g/mol. The van der Waals surface area contributed by atoms with Crippen molar-refractivity contribution in [2.45, 2.75) is 32.4 Å². The lowest BCUT2D eigenvalue weighted by Crippen LogP contribution is -2.36. The van der Waals surface area contributed by atoms with Crippen molar-refractivity contribution in [3.8, 4) is 5.75 Å². The normalized spacial score (nSPS) is 16.6. The molecule has 1 atom stereocenters. The number of aromatic nitrogens is 2. The van der Waals surface area contributed by atoms with Crippen LogP contribution in [0.25, 0.3) is 0 Å². The molecule has 43 heavy (non-hydrogen) atoms. The van der Waals surface area contributed by atoms with Crippen molar-refractivity contribution >= 4 is 40.6 Å². The highest BCUT2D eigenvalue weighted by Crippen LogP contribution is 2.40. The summed E-state index contributed by atoms with van der Waals surface area (Å²) in [5, 5.41) is 7.95. The summed E-state index contributed by atoms with van der Waals surface area (Å²) in [6.07, 6.45) is 3.17. The highest BCUT2D eigenvalue weighted by Gasteiger charge is 2.30. The minimum atomic E-state index is -0.368. The summed E-state index contributed by atoms with van der Waals surface area (Å²) in [5.41, 5.74) is 3.40. The zero-order valence-corrected chi connectivity index (χ0v) is 24.5. The Morgan fingerprint density at radius 2 is 1.91 bits per heavy atom. The van der Waals surface area contributed by atoms with Gasteiger partial charge < -0.3 is 29.7 Å². The third kappa shape index (κ3) is 7.04. The van der Waals surface area contributed by atoms with Crippen LogP contribution in [0.15, 0.2) is 61.4 Å². The van der Waals surface area contributed by atoms with Gasteiger partial charge in [-0.25, -0.2) is 19.8 Å². The number of benzene rings is 2. The van der Waals surface area contributed by atoms with E-state index in [0.29, 0.717) is 73.7 Å². The number of carbonyl (C=O) groups is 2. The van der Waals surface area contributed by atoms with Crippen LogP contribution >= 0.6 is 0 Å². The smallest absolute Gasteiger partial charge is 0.338 e. The zero-order chi connectivity index (χ0) is 30.3. The quantitative estimate of drug-likeness (QED) is 0.254. The van der Waals surface area contributed by atoms with Crippen molar-refractivity contribution in [3.05, 3.63) is 72.6 Å². The summed E-state index contributed by atoms with van der Waals surface area (Å²) in [7, 11) is 1.59. The molecule has 0 bridgehead atoms.